The number of anilines is 2. The second-order valence-corrected chi connectivity index (χ2v) is 4.59. The molecule has 0 spiro atoms. The fourth-order valence-corrected chi connectivity index (χ4v) is 1.82. The second kappa shape index (κ2) is 6.42. The Morgan fingerprint density at radius 3 is 2.78 bits per heavy atom. The van der Waals surface area contributed by atoms with E-state index >= 15 is 0 Å². The lowest BCUT2D eigenvalue weighted by Gasteiger charge is -2.16. The molecule has 0 heterocycles. The number of hydrogen-bond acceptors (Lipinski definition) is 3. The van der Waals surface area contributed by atoms with E-state index in [1.807, 2.05) is 25.1 Å². The molecule has 0 saturated heterocycles. The van der Waals surface area contributed by atoms with Crippen molar-refractivity contribution in [2.75, 3.05) is 24.3 Å². The number of nitrogens with zero attached hydrogens (tertiary/aromatic N) is 1. The predicted molar refractivity (Wildman–Crippen MR) is 77.2 cm³/mol. The number of nitrogens with one attached hydrogen (secondary N) is 1. The van der Waals surface area contributed by atoms with Crippen molar-refractivity contribution >= 4 is 28.9 Å². The van der Waals surface area contributed by atoms with Crippen molar-refractivity contribution in [2.24, 2.45) is 5.73 Å². The summed E-state index contributed by atoms with van der Waals surface area (Å²) in [5, 5.41) is 3.30. The topological polar surface area (TPSA) is 58.4 Å². The predicted octanol–water partition coefficient (Wildman–Crippen LogP) is 2.25. The maximum absolute atomic E-state index is 11.7. The highest BCUT2D eigenvalue weighted by atomic mass is 35.5. The van der Waals surface area contributed by atoms with Gasteiger partial charge in [0.1, 0.15) is 0 Å². The third-order valence-corrected chi connectivity index (χ3v) is 2.76. The van der Waals surface area contributed by atoms with Crippen LogP contribution in [0.3, 0.4) is 0 Å². The number of benzene rings is 1. The molecule has 0 fully saturated rings. The lowest BCUT2D eigenvalue weighted by molar-refractivity contribution is -0.117. The summed E-state index contributed by atoms with van der Waals surface area (Å²) in [6.07, 6.45) is 2.06. The number of halogens is 1. The van der Waals surface area contributed by atoms with E-state index in [-0.39, 0.29) is 5.91 Å². The highest BCUT2D eigenvalue weighted by Crippen LogP contribution is 2.27. The SMILES string of the molecule is C=CCC(N)C(=O)Nc1ccc(N(C)C)c(Cl)c1. The van der Waals surface area contributed by atoms with E-state index < -0.39 is 6.04 Å². The largest absolute Gasteiger partial charge is 0.376 e. The highest BCUT2D eigenvalue weighted by Gasteiger charge is 2.12. The summed E-state index contributed by atoms with van der Waals surface area (Å²) in [6, 6.07) is 4.75. The zero-order valence-corrected chi connectivity index (χ0v) is 11.4. The first-order valence-electron chi connectivity index (χ1n) is 5.60. The molecular weight excluding hydrogens is 250 g/mol. The van der Waals surface area contributed by atoms with Gasteiger partial charge in [-0.2, -0.15) is 0 Å². The third kappa shape index (κ3) is 3.75. The van der Waals surface area contributed by atoms with Crippen molar-refractivity contribution in [1.29, 1.82) is 0 Å². The van der Waals surface area contributed by atoms with Gasteiger partial charge in [0.25, 0.3) is 0 Å². The van der Waals surface area contributed by atoms with Crippen LogP contribution in [0.15, 0.2) is 30.9 Å². The molecule has 0 radical (unpaired) electrons. The van der Waals surface area contributed by atoms with Crippen molar-refractivity contribution in [3.05, 3.63) is 35.9 Å². The second-order valence-electron chi connectivity index (χ2n) is 4.18. The monoisotopic (exact) mass is 267 g/mol. The third-order valence-electron chi connectivity index (χ3n) is 2.45. The molecule has 1 rings (SSSR count). The van der Waals surface area contributed by atoms with Crippen LogP contribution in [0.2, 0.25) is 5.02 Å². The molecule has 1 aromatic rings. The quantitative estimate of drug-likeness (QED) is 0.805. The summed E-state index contributed by atoms with van der Waals surface area (Å²) in [6.45, 7) is 3.55. The van der Waals surface area contributed by atoms with Gasteiger partial charge in [0.05, 0.1) is 16.8 Å². The van der Waals surface area contributed by atoms with Gasteiger partial charge in [-0.15, -0.1) is 6.58 Å². The number of carbonyl (C=O) groups is 1. The van der Waals surface area contributed by atoms with E-state index in [4.69, 9.17) is 17.3 Å². The van der Waals surface area contributed by atoms with Gasteiger partial charge < -0.3 is 16.0 Å². The van der Waals surface area contributed by atoms with Gasteiger partial charge in [0, 0.05) is 19.8 Å². The van der Waals surface area contributed by atoms with Gasteiger partial charge >= 0.3 is 0 Å². The van der Waals surface area contributed by atoms with Gasteiger partial charge in [0.15, 0.2) is 0 Å². The van der Waals surface area contributed by atoms with Crippen molar-refractivity contribution < 1.29 is 4.79 Å². The summed E-state index contributed by atoms with van der Waals surface area (Å²) >= 11 is 6.11. The van der Waals surface area contributed by atoms with Gasteiger partial charge in [-0.1, -0.05) is 17.7 Å². The molecule has 1 aromatic carbocycles. The molecule has 1 amide bonds. The average molecular weight is 268 g/mol. The van der Waals surface area contributed by atoms with Crippen LogP contribution in [0.5, 0.6) is 0 Å². The van der Waals surface area contributed by atoms with Crippen LogP contribution in [-0.4, -0.2) is 26.0 Å². The van der Waals surface area contributed by atoms with Crippen LogP contribution in [0.4, 0.5) is 11.4 Å². The number of nitrogens with two attached hydrogens (primary N) is 1. The minimum Gasteiger partial charge on any atom is -0.376 e. The minimum atomic E-state index is -0.588. The molecule has 1 atom stereocenters. The Bertz CT molecular complexity index is 446. The Morgan fingerprint density at radius 2 is 2.28 bits per heavy atom. The molecule has 0 bridgehead atoms. The molecule has 18 heavy (non-hydrogen) atoms. The van der Waals surface area contributed by atoms with Gasteiger partial charge in [-0.05, 0) is 24.6 Å². The van der Waals surface area contributed by atoms with E-state index in [1.54, 1.807) is 18.2 Å². The maximum atomic E-state index is 11.7. The van der Waals surface area contributed by atoms with Gasteiger partial charge in [0.2, 0.25) is 5.91 Å². The van der Waals surface area contributed by atoms with Crippen LogP contribution in [0.1, 0.15) is 6.42 Å². The van der Waals surface area contributed by atoms with Gasteiger partial charge in [-0.25, -0.2) is 0 Å². The number of hydrogen-bond donors (Lipinski definition) is 2. The van der Waals surface area contributed by atoms with E-state index in [1.165, 1.54) is 0 Å². The molecule has 3 N–H and O–H groups in total. The molecule has 0 saturated carbocycles. The summed E-state index contributed by atoms with van der Waals surface area (Å²) in [7, 11) is 3.80. The maximum Gasteiger partial charge on any atom is 0.241 e. The van der Waals surface area contributed by atoms with Crippen LogP contribution in [0, 0.1) is 0 Å². The van der Waals surface area contributed by atoms with Crippen molar-refractivity contribution in [3.8, 4) is 0 Å². The smallest absolute Gasteiger partial charge is 0.241 e. The standard InChI is InChI=1S/C13H18ClN3O/c1-4-5-11(15)13(18)16-9-6-7-12(17(2)3)10(14)8-9/h4,6-8,11H,1,5,15H2,2-3H3,(H,16,18). The Hall–Kier alpha value is -1.52. The summed E-state index contributed by atoms with van der Waals surface area (Å²) in [5.74, 6) is -0.247. The zero-order chi connectivity index (χ0) is 13.7. The summed E-state index contributed by atoms with van der Waals surface area (Å²) in [5.41, 5.74) is 7.20. The van der Waals surface area contributed by atoms with Crippen molar-refractivity contribution in [3.63, 3.8) is 0 Å². The zero-order valence-electron chi connectivity index (χ0n) is 10.6. The van der Waals surface area contributed by atoms with E-state index in [0.29, 0.717) is 17.1 Å². The van der Waals surface area contributed by atoms with Crippen LogP contribution in [0.25, 0.3) is 0 Å². The molecular formula is C13H18ClN3O. The van der Waals surface area contributed by atoms with Crippen molar-refractivity contribution in [1.82, 2.24) is 0 Å². The lowest BCUT2D eigenvalue weighted by Crippen LogP contribution is -2.35. The normalized spacial score (nSPS) is 11.8. The Balaban J connectivity index is 2.77. The van der Waals surface area contributed by atoms with Gasteiger partial charge in [-0.3, -0.25) is 4.79 Å². The lowest BCUT2D eigenvalue weighted by atomic mass is 10.2. The fourth-order valence-electron chi connectivity index (χ4n) is 1.47. The molecule has 0 aliphatic carbocycles. The highest BCUT2D eigenvalue weighted by molar-refractivity contribution is 6.33. The molecule has 5 heteroatoms. The van der Waals surface area contributed by atoms with E-state index in [9.17, 15) is 4.79 Å². The molecule has 0 aliphatic rings. The molecule has 1 unspecified atom stereocenters. The summed E-state index contributed by atoms with van der Waals surface area (Å²) in [4.78, 5) is 13.6. The van der Waals surface area contributed by atoms with Crippen molar-refractivity contribution in [2.45, 2.75) is 12.5 Å². The molecule has 4 nitrogen and oxygen atoms in total. The number of carbonyl (C=O) groups excluding carboxylic acids is 1. The Kier molecular flexibility index (Phi) is 5.19. The van der Waals surface area contributed by atoms with Crippen LogP contribution in [-0.2, 0) is 4.79 Å². The first-order valence-corrected chi connectivity index (χ1v) is 5.97. The Labute approximate surface area is 112 Å². The first kappa shape index (κ1) is 14.5. The van der Waals surface area contributed by atoms with Crippen LogP contribution < -0.4 is 16.0 Å². The molecule has 98 valence electrons. The summed E-state index contributed by atoms with van der Waals surface area (Å²) < 4.78 is 0. The Morgan fingerprint density at radius 1 is 1.61 bits per heavy atom. The average Bonchev–Trinajstić information content (AvgIpc) is 2.28. The fraction of sp³-hybridized carbons (Fsp3) is 0.308. The number of rotatable bonds is 5. The number of amides is 1. The van der Waals surface area contributed by atoms with E-state index in [0.717, 1.165) is 5.69 Å². The minimum absolute atomic E-state index is 0.247. The first-order chi connectivity index (χ1) is 8.45. The molecule has 0 aromatic heterocycles. The molecule has 0 aliphatic heterocycles. The van der Waals surface area contributed by atoms with E-state index in [2.05, 4.69) is 11.9 Å². The van der Waals surface area contributed by atoms with Crippen LogP contribution >= 0.6 is 11.6 Å².